The van der Waals surface area contributed by atoms with E-state index in [0.717, 1.165) is 10.4 Å². The monoisotopic (exact) mass is 352 g/mol. The summed E-state index contributed by atoms with van der Waals surface area (Å²) in [4.78, 5) is 23.7. The molecule has 2 aromatic rings. The second kappa shape index (κ2) is 6.19. The maximum atomic E-state index is 12.7. The van der Waals surface area contributed by atoms with Gasteiger partial charge in [0, 0.05) is 24.0 Å². The molecule has 0 saturated heterocycles. The average Bonchev–Trinajstić information content (AvgIpc) is 3.12. The van der Waals surface area contributed by atoms with Gasteiger partial charge in [-0.05, 0) is 17.7 Å². The number of rotatable bonds is 4. The Morgan fingerprint density at radius 3 is 2.78 bits per heavy atom. The van der Waals surface area contributed by atoms with Crippen molar-refractivity contribution < 1.29 is 18.7 Å². The number of hydrogen-bond donors (Lipinski definition) is 0. The molecule has 1 aromatic heterocycles. The molecule has 3 rings (SSSR count). The van der Waals surface area contributed by atoms with E-state index in [0.29, 0.717) is 18.0 Å². The molecule has 9 heteroatoms. The van der Waals surface area contributed by atoms with E-state index < -0.39 is 21.9 Å². The summed E-state index contributed by atoms with van der Waals surface area (Å²) >= 11 is 1.30. The first-order valence-corrected chi connectivity index (χ1v) is 8.53. The van der Waals surface area contributed by atoms with Crippen molar-refractivity contribution in [1.82, 2.24) is 4.31 Å². The van der Waals surface area contributed by atoms with Crippen LogP contribution in [0.1, 0.15) is 20.1 Å². The molecule has 0 N–H and O–H groups in total. The highest BCUT2D eigenvalue weighted by Gasteiger charge is 2.31. The Balaban J connectivity index is 1.82. The lowest BCUT2D eigenvalue weighted by Crippen LogP contribution is -2.20. The molecule has 0 aliphatic carbocycles. The zero-order valence-corrected chi connectivity index (χ0v) is 13.7. The van der Waals surface area contributed by atoms with Crippen LogP contribution in [-0.4, -0.2) is 26.5 Å². The topological polar surface area (TPSA) is 89.8 Å². The average molecular weight is 352 g/mol. The number of benzene rings is 1. The van der Waals surface area contributed by atoms with Crippen LogP contribution >= 0.6 is 11.3 Å². The van der Waals surface area contributed by atoms with Crippen molar-refractivity contribution in [3.63, 3.8) is 0 Å². The van der Waals surface area contributed by atoms with Crippen LogP contribution in [0.4, 0.5) is 5.69 Å². The molecule has 7 nitrogen and oxygen atoms in total. The van der Waals surface area contributed by atoms with E-state index in [1.54, 1.807) is 22.5 Å². The summed E-state index contributed by atoms with van der Waals surface area (Å²) in [7, 11) is -0.310. The first-order valence-electron chi connectivity index (χ1n) is 6.61. The summed E-state index contributed by atoms with van der Waals surface area (Å²) in [5.74, 6) is -0.393. The summed E-state index contributed by atoms with van der Waals surface area (Å²) in [5.41, 5.74) is 0.749. The highest BCUT2D eigenvalue weighted by Crippen LogP contribution is 2.34. The smallest absolute Gasteiger partial charge is 0.348 e. The van der Waals surface area contributed by atoms with Gasteiger partial charge in [-0.2, -0.15) is 0 Å². The molecule has 1 aromatic carbocycles. The molecule has 0 bridgehead atoms. The Hall–Kier alpha value is -2.10. The Bertz CT molecular complexity index is 794. The first kappa shape index (κ1) is 15.8. The molecule has 0 amide bonds. The maximum Gasteiger partial charge on any atom is 0.348 e. The van der Waals surface area contributed by atoms with E-state index in [1.165, 1.54) is 30.6 Å². The van der Waals surface area contributed by atoms with Crippen LogP contribution in [0.5, 0.6) is 0 Å². The number of carbonyl (C=O) groups excluding carboxylic acids is 1. The van der Waals surface area contributed by atoms with E-state index in [2.05, 4.69) is 4.74 Å². The van der Waals surface area contributed by atoms with Gasteiger partial charge >= 0.3 is 5.97 Å². The van der Waals surface area contributed by atoms with E-state index in [-0.39, 0.29) is 10.6 Å². The van der Waals surface area contributed by atoms with E-state index in [1.807, 2.05) is 0 Å². The highest BCUT2D eigenvalue weighted by molar-refractivity contribution is 7.82. The second-order valence-electron chi connectivity index (χ2n) is 4.82. The predicted octanol–water partition coefficient (Wildman–Crippen LogP) is 2.48. The van der Waals surface area contributed by atoms with Crippen LogP contribution in [0.15, 0.2) is 35.2 Å². The molecular weight excluding hydrogens is 340 g/mol. The molecule has 1 aliphatic heterocycles. The van der Waals surface area contributed by atoms with Crippen molar-refractivity contribution in [2.45, 2.75) is 18.0 Å². The number of hydrogen-bond acceptors (Lipinski definition) is 6. The molecule has 1 aliphatic rings. The minimum atomic E-state index is -1.63. The van der Waals surface area contributed by atoms with Crippen molar-refractivity contribution in [2.24, 2.45) is 0 Å². The molecule has 0 spiro atoms. The SMILES string of the molecule is COC(=O)c1cc2c(s1)CN(S(=O)c1ccccc1[N+](=O)[O-])C2. The quantitative estimate of drug-likeness (QED) is 0.479. The molecule has 23 heavy (non-hydrogen) atoms. The zero-order chi connectivity index (χ0) is 16.6. The summed E-state index contributed by atoms with van der Waals surface area (Å²) in [5, 5.41) is 11.1. The van der Waals surface area contributed by atoms with E-state index in [9.17, 15) is 19.1 Å². The Morgan fingerprint density at radius 1 is 1.39 bits per heavy atom. The Morgan fingerprint density at radius 2 is 2.13 bits per heavy atom. The van der Waals surface area contributed by atoms with Crippen LogP contribution in [-0.2, 0) is 28.8 Å². The van der Waals surface area contributed by atoms with Crippen molar-refractivity contribution in [3.8, 4) is 0 Å². The van der Waals surface area contributed by atoms with Gasteiger partial charge in [-0.1, -0.05) is 12.1 Å². The van der Waals surface area contributed by atoms with Gasteiger partial charge in [0.2, 0.25) is 0 Å². The minimum Gasteiger partial charge on any atom is -0.465 e. The highest BCUT2D eigenvalue weighted by atomic mass is 32.2. The number of thiophene rings is 1. The lowest BCUT2D eigenvalue weighted by Gasteiger charge is -2.14. The number of esters is 1. The molecule has 0 radical (unpaired) electrons. The van der Waals surface area contributed by atoms with Gasteiger partial charge in [0.15, 0.2) is 0 Å². The molecule has 0 saturated carbocycles. The van der Waals surface area contributed by atoms with Gasteiger partial charge in [0.05, 0.1) is 12.0 Å². The largest absolute Gasteiger partial charge is 0.465 e. The number of fused-ring (bicyclic) bond motifs is 1. The van der Waals surface area contributed by atoms with Gasteiger partial charge in [-0.25, -0.2) is 13.3 Å². The van der Waals surface area contributed by atoms with Crippen molar-refractivity contribution in [1.29, 1.82) is 0 Å². The predicted molar refractivity (Wildman–Crippen MR) is 84.4 cm³/mol. The lowest BCUT2D eigenvalue weighted by atomic mass is 10.3. The normalized spacial score (nSPS) is 15.2. The Kier molecular flexibility index (Phi) is 4.24. The minimum absolute atomic E-state index is 0.156. The molecule has 1 unspecified atom stereocenters. The lowest BCUT2D eigenvalue weighted by molar-refractivity contribution is -0.387. The van der Waals surface area contributed by atoms with Gasteiger partial charge in [-0.15, -0.1) is 11.3 Å². The maximum absolute atomic E-state index is 12.7. The number of nitrogens with zero attached hydrogens (tertiary/aromatic N) is 2. The summed E-state index contributed by atoms with van der Waals surface area (Å²) in [6.45, 7) is 0.761. The van der Waals surface area contributed by atoms with Crippen molar-refractivity contribution in [2.75, 3.05) is 7.11 Å². The van der Waals surface area contributed by atoms with Crippen LogP contribution in [0.2, 0.25) is 0 Å². The van der Waals surface area contributed by atoms with Crippen molar-refractivity contribution >= 4 is 34.0 Å². The molecule has 0 fully saturated rings. The third kappa shape index (κ3) is 2.90. The van der Waals surface area contributed by atoms with Crippen LogP contribution in [0, 0.1) is 10.1 Å². The summed E-state index contributed by atoms with van der Waals surface area (Å²) in [6.07, 6.45) is 0. The van der Waals surface area contributed by atoms with Gasteiger partial charge in [0.1, 0.15) is 20.8 Å². The third-order valence-electron chi connectivity index (χ3n) is 3.43. The fourth-order valence-corrected chi connectivity index (χ4v) is 4.84. The van der Waals surface area contributed by atoms with Crippen molar-refractivity contribution in [3.05, 3.63) is 55.8 Å². The standard InChI is InChI=1S/C14H12N2O5S2/c1-21-14(17)11-6-9-7-15(8-12(9)22-11)23(20)13-5-3-2-4-10(13)16(18)19/h2-6H,7-8H2,1H3. The second-order valence-corrected chi connectivity index (χ2v) is 7.41. The fourth-order valence-electron chi connectivity index (χ4n) is 2.35. The molecule has 2 heterocycles. The third-order valence-corrected chi connectivity index (χ3v) is 6.03. The van der Waals surface area contributed by atoms with E-state index >= 15 is 0 Å². The van der Waals surface area contributed by atoms with Crippen LogP contribution < -0.4 is 0 Å². The number of methoxy groups -OCH3 is 1. The summed E-state index contributed by atoms with van der Waals surface area (Å²) in [6, 6.07) is 7.74. The van der Waals surface area contributed by atoms with Gasteiger partial charge in [-0.3, -0.25) is 10.1 Å². The fraction of sp³-hybridized carbons (Fsp3) is 0.214. The number of ether oxygens (including phenoxy) is 1. The Labute approximate surface area is 138 Å². The van der Waals surface area contributed by atoms with Crippen LogP contribution in [0.3, 0.4) is 0 Å². The molecule has 120 valence electrons. The van der Waals surface area contributed by atoms with Crippen LogP contribution in [0.25, 0.3) is 0 Å². The summed E-state index contributed by atoms with van der Waals surface area (Å²) < 4.78 is 19.0. The number of para-hydroxylation sites is 1. The zero-order valence-electron chi connectivity index (χ0n) is 12.1. The van der Waals surface area contributed by atoms with E-state index in [4.69, 9.17) is 0 Å². The number of carbonyl (C=O) groups is 1. The number of nitro benzene ring substituents is 1. The van der Waals surface area contributed by atoms with Gasteiger partial charge in [0.25, 0.3) is 5.69 Å². The van der Waals surface area contributed by atoms with Gasteiger partial charge < -0.3 is 4.74 Å². The molecular formula is C14H12N2O5S2. The molecule has 1 atom stereocenters. The number of nitro groups is 1. The first-order chi connectivity index (χ1) is 11.0.